The first-order chi connectivity index (χ1) is 7.16. The zero-order valence-electron chi connectivity index (χ0n) is 8.53. The summed E-state index contributed by atoms with van der Waals surface area (Å²) in [4.78, 5) is 8.59. The Balaban J connectivity index is 2.56. The van der Waals surface area contributed by atoms with Gasteiger partial charge in [-0.05, 0) is 28.1 Å². The Morgan fingerprint density at radius 1 is 1.33 bits per heavy atom. The summed E-state index contributed by atoms with van der Waals surface area (Å²) in [6, 6.07) is 3.85. The van der Waals surface area contributed by atoms with E-state index in [2.05, 4.69) is 31.3 Å². The van der Waals surface area contributed by atoms with Crippen LogP contribution in [-0.4, -0.2) is 29.1 Å². The van der Waals surface area contributed by atoms with Gasteiger partial charge in [0.25, 0.3) is 0 Å². The van der Waals surface area contributed by atoms with Crippen LogP contribution in [0.2, 0.25) is 0 Å². The molecule has 0 radical (unpaired) electrons. The quantitative estimate of drug-likeness (QED) is 0.847. The Morgan fingerprint density at radius 3 is 2.87 bits per heavy atom. The fraction of sp³-hybridized carbons (Fsp3) is 0.200. The molecule has 78 valence electrons. The molecule has 15 heavy (non-hydrogen) atoms. The molecular formula is C10H11BrN4. The predicted octanol–water partition coefficient (Wildman–Crippen LogP) is 2.28. The molecule has 0 aromatic carbocycles. The lowest BCUT2D eigenvalue weighted by Gasteiger charge is -2.14. The Morgan fingerprint density at radius 2 is 2.13 bits per heavy atom. The maximum atomic E-state index is 4.34. The summed E-state index contributed by atoms with van der Waals surface area (Å²) >= 11 is 3.37. The molecule has 0 aliphatic carbocycles. The lowest BCUT2D eigenvalue weighted by Crippen LogP contribution is -2.19. The monoisotopic (exact) mass is 266 g/mol. The van der Waals surface area contributed by atoms with Crippen molar-refractivity contribution in [1.29, 1.82) is 0 Å². The van der Waals surface area contributed by atoms with Crippen LogP contribution in [0.5, 0.6) is 0 Å². The fourth-order valence-electron chi connectivity index (χ4n) is 1.34. The third kappa shape index (κ3) is 2.24. The minimum atomic E-state index is 0.870. The summed E-state index contributed by atoms with van der Waals surface area (Å²) < 4.78 is 0.935. The number of hydrazine groups is 1. The third-order valence-electron chi connectivity index (χ3n) is 1.89. The van der Waals surface area contributed by atoms with Crippen molar-refractivity contribution >= 4 is 32.7 Å². The lowest BCUT2D eigenvalue weighted by atomic mass is 10.3. The van der Waals surface area contributed by atoms with Crippen molar-refractivity contribution in [2.45, 2.75) is 0 Å². The van der Waals surface area contributed by atoms with Gasteiger partial charge < -0.3 is 5.43 Å². The van der Waals surface area contributed by atoms with Crippen LogP contribution in [0.15, 0.2) is 29.0 Å². The van der Waals surface area contributed by atoms with Gasteiger partial charge in [0.1, 0.15) is 5.52 Å². The number of rotatable bonds is 2. The van der Waals surface area contributed by atoms with Gasteiger partial charge in [-0.15, -0.1) is 0 Å². The summed E-state index contributed by atoms with van der Waals surface area (Å²) in [6.07, 6.45) is 3.53. The number of halogens is 1. The molecule has 2 aromatic heterocycles. The SMILES string of the molecule is CN(C)Nc1ccnc2cc(Br)cnc12. The second kappa shape index (κ2) is 4.12. The number of anilines is 1. The van der Waals surface area contributed by atoms with E-state index in [1.54, 1.807) is 12.4 Å². The highest BCUT2D eigenvalue weighted by Gasteiger charge is 2.03. The molecule has 0 amide bonds. The summed E-state index contributed by atoms with van der Waals surface area (Å²) in [7, 11) is 3.87. The van der Waals surface area contributed by atoms with Crippen molar-refractivity contribution in [1.82, 2.24) is 15.0 Å². The molecule has 5 heteroatoms. The summed E-state index contributed by atoms with van der Waals surface area (Å²) in [5.74, 6) is 0. The first-order valence-corrected chi connectivity index (χ1v) is 5.30. The van der Waals surface area contributed by atoms with Crippen molar-refractivity contribution in [3.63, 3.8) is 0 Å². The number of hydrogen-bond donors (Lipinski definition) is 1. The Labute approximate surface area is 96.4 Å². The van der Waals surface area contributed by atoms with Gasteiger partial charge in [0.05, 0.1) is 11.2 Å². The molecule has 0 fully saturated rings. The highest BCUT2D eigenvalue weighted by Crippen LogP contribution is 2.21. The van der Waals surface area contributed by atoms with Gasteiger partial charge in [-0.25, -0.2) is 5.01 Å². The fourth-order valence-corrected chi connectivity index (χ4v) is 1.66. The molecule has 2 aromatic rings. The maximum absolute atomic E-state index is 4.34. The minimum Gasteiger partial charge on any atom is -0.317 e. The zero-order valence-corrected chi connectivity index (χ0v) is 10.1. The second-order valence-electron chi connectivity index (χ2n) is 3.39. The highest BCUT2D eigenvalue weighted by molar-refractivity contribution is 9.10. The van der Waals surface area contributed by atoms with Gasteiger partial charge in [0.2, 0.25) is 0 Å². The Bertz CT molecular complexity index is 484. The molecule has 4 nitrogen and oxygen atoms in total. The molecule has 0 atom stereocenters. The van der Waals surface area contributed by atoms with Crippen LogP contribution in [0.4, 0.5) is 5.69 Å². The second-order valence-corrected chi connectivity index (χ2v) is 4.30. The molecule has 2 rings (SSSR count). The molecule has 0 spiro atoms. The van der Waals surface area contributed by atoms with Gasteiger partial charge in [0, 0.05) is 31.0 Å². The zero-order chi connectivity index (χ0) is 10.8. The molecule has 0 aliphatic rings. The van der Waals surface area contributed by atoms with Crippen molar-refractivity contribution in [2.24, 2.45) is 0 Å². The molecule has 0 saturated carbocycles. The van der Waals surface area contributed by atoms with Gasteiger partial charge in [-0.2, -0.15) is 0 Å². The molecule has 0 aliphatic heterocycles. The van der Waals surface area contributed by atoms with E-state index >= 15 is 0 Å². The van der Waals surface area contributed by atoms with Crippen molar-refractivity contribution in [3.05, 3.63) is 29.0 Å². The van der Waals surface area contributed by atoms with Gasteiger partial charge in [0.15, 0.2) is 0 Å². The normalized spacial score (nSPS) is 10.9. The van der Waals surface area contributed by atoms with Crippen LogP contribution in [0.3, 0.4) is 0 Å². The van der Waals surface area contributed by atoms with E-state index in [4.69, 9.17) is 0 Å². The number of aromatic nitrogens is 2. The van der Waals surface area contributed by atoms with E-state index in [1.165, 1.54) is 0 Å². The van der Waals surface area contributed by atoms with Crippen molar-refractivity contribution in [3.8, 4) is 0 Å². The number of hydrogen-bond acceptors (Lipinski definition) is 4. The molecule has 0 saturated heterocycles. The standard InChI is InChI=1S/C10H11BrN4/c1-15(2)14-8-3-4-12-9-5-7(11)6-13-10(8)9/h3-6H,1-2H3,(H,12,14). The maximum Gasteiger partial charge on any atom is 0.113 e. The summed E-state index contributed by atoms with van der Waals surface area (Å²) in [5, 5.41) is 1.87. The van der Waals surface area contributed by atoms with E-state index in [9.17, 15) is 0 Å². The summed E-state index contributed by atoms with van der Waals surface area (Å²) in [6.45, 7) is 0. The molecular weight excluding hydrogens is 256 g/mol. The van der Waals surface area contributed by atoms with E-state index in [1.807, 2.05) is 31.2 Å². The van der Waals surface area contributed by atoms with Crippen LogP contribution >= 0.6 is 15.9 Å². The topological polar surface area (TPSA) is 41.0 Å². The highest BCUT2D eigenvalue weighted by atomic mass is 79.9. The lowest BCUT2D eigenvalue weighted by molar-refractivity contribution is 0.496. The van der Waals surface area contributed by atoms with E-state index in [0.717, 1.165) is 21.2 Å². The van der Waals surface area contributed by atoms with E-state index in [-0.39, 0.29) is 0 Å². The van der Waals surface area contributed by atoms with E-state index in [0.29, 0.717) is 0 Å². The third-order valence-corrected chi connectivity index (χ3v) is 2.32. The molecule has 1 N–H and O–H groups in total. The number of nitrogens with one attached hydrogen (secondary N) is 1. The summed E-state index contributed by atoms with van der Waals surface area (Å²) in [5.41, 5.74) is 5.88. The van der Waals surface area contributed by atoms with Crippen LogP contribution in [0.1, 0.15) is 0 Å². The number of pyridine rings is 2. The van der Waals surface area contributed by atoms with Crippen LogP contribution in [-0.2, 0) is 0 Å². The van der Waals surface area contributed by atoms with Gasteiger partial charge in [-0.1, -0.05) is 0 Å². The smallest absolute Gasteiger partial charge is 0.113 e. The Kier molecular flexibility index (Phi) is 2.83. The largest absolute Gasteiger partial charge is 0.317 e. The average molecular weight is 267 g/mol. The van der Waals surface area contributed by atoms with E-state index < -0.39 is 0 Å². The Hall–Kier alpha value is -1.20. The van der Waals surface area contributed by atoms with Crippen molar-refractivity contribution in [2.75, 3.05) is 19.5 Å². The molecule has 0 unspecified atom stereocenters. The average Bonchev–Trinajstić information content (AvgIpc) is 2.16. The van der Waals surface area contributed by atoms with Gasteiger partial charge in [-0.3, -0.25) is 9.97 Å². The first-order valence-electron chi connectivity index (χ1n) is 4.51. The molecule has 0 bridgehead atoms. The minimum absolute atomic E-state index is 0.870. The number of nitrogens with zero attached hydrogens (tertiary/aromatic N) is 3. The van der Waals surface area contributed by atoms with Crippen LogP contribution in [0, 0.1) is 0 Å². The van der Waals surface area contributed by atoms with Gasteiger partial charge >= 0.3 is 0 Å². The van der Waals surface area contributed by atoms with Crippen LogP contribution < -0.4 is 5.43 Å². The number of fused-ring (bicyclic) bond motifs is 1. The first kappa shape index (κ1) is 10.3. The van der Waals surface area contributed by atoms with Crippen molar-refractivity contribution < 1.29 is 0 Å². The predicted molar refractivity (Wildman–Crippen MR) is 64.5 cm³/mol. The molecule has 2 heterocycles. The van der Waals surface area contributed by atoms with Crippen LogP contribution in [0.25, 0.3) is 11.0 Å².